The molecule has 0 spiro atoms. The number of hydrogen-bond acceptors (Lipinski definition) is 5. The first kappa shape index (κ1) is 22.6. The van der Waals surface area contributed by atoms with Crippen LogP contribution in [-0.2, 0) is 0 Å². The summed E-state index contributed by atoms with van der Waals surface area (Å²) in [4.78, 5) is 18.1. The van der Waals surface area contributed by atoms with Crippen molar-refractivity contribution in [3.63, 3.8) is 0 Å². The quantitative estimate of drug-likeness (QED) is 0.334. The normalized spacial score (nSPS) is 10.7. The third kappa shape index (κ3) is 4.50. The SMILES string of the molecule is COc1cc(-c2cc(C(=O)Nc3ccc(Br)c(C)c3)c3ccccc3n2)cc(OC)c1OC. The molecule has 3 aromatic carbocycles. The Morgan fingerprint density at radius 1 is 0.909 bits per heavy atom. The third-order valence-corrected chi connectivity index (χ3v) is 6.23. The zero-order valence-corrected chi connectivity index (χ0v) is 20.3. The second-order valence-electron chi connectivity index (χ2n) is 7.40. The lowest BCUT2D eigenvalue weighted by Gasteiger charge is -2.15. The molecule has 6 nitrogen and oxygen atoms in total. The largest absolute Gasteiger partial charge is 0.493 e. The van der Waals surface area contributed by atoms with Crippen molar-refractivity contribution in [1.29, 1.82) is 0 Å². The van der Waals surface area contributed by atoms with Crippen molar-refractivity contribution in [2.45, 2.75) is 6.92 Å². The minimum Gasteiger partial charge on any atom is -0.493 e. The number of carbonyl (C=O) groups is 1. The van der Waals surface area contributed by atoms with E-state index in [0.717, 1.165) is 26.7 Å². The van der Waals surface area contributed by atoms with E-state index in [0.29, 0.717) is 34.0 Å². The van der Waals surface area contributed by atoms with Gasteiger partial charge in [0.1, 0.15) is 0 Å². The molecule has 1 heterocycles. The second-order valence-corrected chi connectivity index (χ2v) is 8.26. The summed E-state index contributed by atoms with van der Waals surface area (Å²) in [6.45, 7) is 1.98. The molecule has 4 rings (SSSR count). The molecule has 0 radical (unpaired) electrons. The van der Waals surface area contributed by atoms with Gasteiger partial charge < -0.3 is 19.5 Å². The van der Waals surface area contributed by atoms with Crippen LogP contribution < -0.4 is 19.5 Å². The number of benzene rings is 3. The zero-order chi connectivity index (χ0) is 23.5. The van der Waals surface area contributed by atoms with Gasteiger partial charge >= 0.3 is 0 Å². The number of pyridine rings is 1. The van der Waals surface area contributed by atoms with E-state index in [-0.39, 0.29) is 5.91 Å². The molecule has 1 N–H and O–H groups in total. The number of methoxy groups -OCH3 is 3. The summed E-state index contributed by atoms with van der Waals surface area (Å²) in [7, 11) is 4.68. The highest BCUT2D eigenvalue weighted by molar-refractivity contribution is 9.10. The van der Waals surface area contributed by atoms with Gasteiger partial charge in [-0.05, 0) is 55.0 Å². The molecule has 0 saturated carbocycles. The van der Waals surface area contributed by atoms with Gasteiger partial charge in [-0.15, -0.1) is 0 Å². The Morgan fingerprint density at radius 2 is 1.61 bits per heavy atom. The Morgan fingerprint density at radius 3 is 2.24 bits per heavy atom. The van der Waals surface area contributed by atoms with Crippen molar-refractivity contribution in [1.82, 2.24) is 4.98 Å². The van der Waals surface area contributed by atoms with Gasteiger partial charge in [-0.2, -0.15) is 0 Å². The Bertz CT molecular complexity index is 1330. The van der Waals surface area contributed by atoms with Gasteiger partial charge in [0.05, 0.1) is 38.1 Å². The van der Waals surface area contributed by atoms with E-state index in [4.69, 9.17) is 19.2 Å². The van der Waals surface area contributed by atoms with Gasteiger partial charge in [-0.1, -0.05) is 34.1 Å². The molecule has 0 atom stereocenters. The number of ether oxygens (including phenoxy) is 3. The van der Waals surface area contributed by atoms with Crippen molar-refractivity contribution in [3.05, 3.63) is 76.3 Å². The first-order valence-electron chi connectivity index (χ1n) is 10.2. The van der Waals surface area contributed by atoms with Crippen LogP contribution >= 0.6 is 15.9 Å². The fourth-order valence-corrected chi connectivity index (χ4v) is 3.91. The number of rotatable bonds is 6. The number of halogens is 1. The Hall–Kier alpha value is -3.58. The van der Waals surface area contributed by atoms with Crippen LogP contribution in [-0.4, -0.2) is 32.2 Å². The Balaban J connectivity index is 1.84. The first-order valence-corrected chi connectivity index (χ1v) is 11.0. The molecule has 0 unspecified atom stereocenters. The Kier molecular flexibility index (Phi) is 6.51. The third-order valence-electron chi connectivity index (χ3n) is 5.34. The molecule has 0 aliphatic carbocycles. The van der Waals surface area contributed by atoms with E-state index < -0.39 is 0 Å². The lowest BCUT2D eigenvalue weighted by Crippen LogP contribution is -2.13. The summed E-state index contributed by atoms with van der Waals surface area (Å²) in [6.07, 6.45) is 0. The fraction of sp³-hybridized carbons (Fsp3) is 0.154. The van der Waals surface area contributed by atoms with E-state index in [1.807, 2.05) is 61.5 Å². The fourth-order valence-electron chi connectivity index (χ4n) is 3.66. The molecule has 0 aliphatic heterocycles. The van der Waals surface area contributed by atoms with Crippen molar-refractivity contribution >= 4 is 38.4 Å². The summed E-state index contributed by atoms with van der Waals surface area (Å²) in [5, 5.41) is 3.77. The van der Waals surface area contributed by atoms with Crippen LogP contribution in [0.25, 0.3) is 22.2 Å². The van der Waals surface area contributed by atoms with Gasteiger partial charge in [0, 0.05) is 21.1 Å². The van der Waals surface area contributed by atoms with Crippen molar-refractivity contribution < 1.29 is 19.0 Å². The summed E-state index contributed by atoms with van der Waals surface area (Å²) in [6, 6.07) is 18.7. The monoisotopic (exact) mass is 506 g/mol. The standard InChI is InChI=1S/C26H23BrN2O4/c1-15-11-17(9-10-20(15)27)28-26(30)19-14-22(29-21-8-6-5-7-18(19)21)16-12-23(31-2)25(33-4)24(13-16)32-3/h5-14H,1-4H3,(H,28,30). The zero-order valence-electron chi connectivity index (χ0n) is 18.7. The number of aromatic nitrogens is 1. The number of hydrogen-bond donors (Lipinski definition) is 1. The van der Waals surface area contributed by atoms with Crippen molar-refractivity contribution in [2.75, 3.05) is 26.6 Å². The maximum atomic E-state index is 13.3. The summed E-state index contributed by atoms with van der Waals surface area (Å²) >= 11 is 3.49. The molecule has 7 heteroatoms. The number of nitrogens with zero attached hydrogens (tertiary/aromatic N) is 1. The topological polar surface area (TPSA) is 69.7 Å². The van der Waals surface area contributed by atoms with Crippen molar-refractivity contribution in [2.24, 2.45) is 0 Å². The summed E-state index contributed by atoms with van der Waals surface area (Å²) in [5.74, 6) is 1.30. The summed E-state index contributed by atoms with van der Waals surface area (Å²) < 4.78 is 17.4. The van der Waals surface area contributed by atoms with E-state index in [9.17, 15) is 4.79 Å². The number of nitrogens with one attached hydrogen (secondary N) is 1. The minimum atomic E-state index is -0.219. The van der Waals surface area contributed by atoms with Gasteiger partial charge in [-0.25, -0.2) is 4.98 Å². The lowest BCUT2D eigenvalue weighted by molar-refractivity contribution is 0.102. The van der Waals surface area contributed by atoms with Crippen LogP contribution in [0.1, 0.15) is 15.9 Å². The van der Waals surface area contributed by atoms with Crippen LogP contribution in [0.5, 0.6) is 17.2 Å². The molecule has 4 aromatic rings. The van der Waals surface area contributed by atoms with E-state index in [2.05, 4.69) is 21.2 Å². The molecule has 0 fully saturated rings. The molecule has 0 aliphatic rings. The maximum Gasteiger partial charge on any atom is 0.256 e. The van der Waals surface area contributed by atoms with Crippen LogP contribution in [0.3, 0.4) is 0 Å². The van der Waals surface area contributed by atoms with Gasteiger partial charge in [0.2, 0.25) is 5.75 Å². The van der Waals surface area contributed by atoms with Crippen LogP contribution in [0.2, 0.25) is 0 Å². The highest BCUT2D eigenvalue weighted by Crippen LogP contribution is 2.41. The first-order chi connectivity index (χ1) is 15.9. The smallest absolute Gasteiger partial charge is 0.256 e. The van der Waals surface area contributed by atoms with Crippen LogP contribution in [0, 0.1) is 6.92 Å². The van der Waals surface area contributed by atoms with Crippen molar-refractivity contribution in [3.8, 4) is 28.5 Å². The molecule has 33 heavy (non-hydrogen) atoms. The molecule has 168 valence electrons. The number of aryl methyl sites for hydroxylation is 1. The number of amides is 1. The molecule has 0 bridgehead atoms. The number of anilines is 1. The highest BCUT2D eigenvalue weighted by Gasteiger charge is 2.18. The predicted molar refractivity (Wildman–Crippen MR) is 134 cm³/mol. The second kappa shape index (κ2) is 9.50. The van der Waals surface area contributed by atoms with E-state index in [1.165, 1.54) is 0 Å². The lowest BCUT2D eigenvalue weighted by atomic mass is 10.0. The molecular formula is C26H23BrN2O4. The van der Waals surface area contributed by atoms with E-state index in [1.54, 1.807) is 27.4 Å². The highest BCUT2D eigenvalue weighted by atomic mass is 79.9. The van der Waals surface area contributed by atoms with Crippen LogP contribution in [0.15, 0.2) is 65.1 Å². The van der Waals surface area contributed by atoms with Crippen LogP contribution in [0.4, 0.5) is 5.69 Å². The number of carbonyl (C=O) groups excluding carboxylic acids is 1. The molecular weight excluding hydrogens is 484 g/mol. The average Bonchev–Trinajstić information content (AvgIpc) is 2.84. The molecule has 0 saturated heterocycles. The molecule has 1 amide bonds. The Labute approximate surface area is 200 Å². The maximum absolute atomic E-state index is 13.3. The minimum absolute atomic E-state index is 0.219. The predicted octanol–water partition coefficient (Wildman–Crippen LogP) is 6.25. The van der Waals surface area contributed by atoms with Gasteiger partial charge in [0.25, 0.3) is 5.91 Å². The van der Waals surface area contributed by atoms with Gasteiger partial charge in [-0.3, -0.25) is 4.79 Å². The summed E-state index contributed by atoms with van der Waals surface area (Å²) in [5.41, 5.74) is 4.33. The average molecular weight is 507 g/mol. The van der Waals surface area contributed by atoms with E-state index >= 15 is 0 Å². The number of fused-ring (bicyclic) bond motifs is 1. The number of para-hydroxylation sites is 1. The molecule has 1 aromatic heterocycles. The van der Waals surface area contributed by atoms with Gasteiger partial charge in [0.15, 0.2) is 11.5 Å².